The van der Waals surface area contributed by atoms with E-state index in [1.54, 1.807) is 20.8 Å². The summed E-state index contributed by atoms with van der Waals surface area (Å²) < 4.78 is 6.19. The Morgan fingerprint density at radius 1 is 1.35 bits per heavy atom. The second-order valence-corrected chi connectivity index (χ2v) is 8.28. The molecule has 1 aromatic rings. The SMILES string of the molecule is CC(C)(C)OC(=O)NCC(=O)N1CCc2c(I)cccc2C1CC(=O)O. The number of rotatable bonds is 4. The van der Waals surface area contributed by atoms with Crippen molar-refractivity contribution in [3.05, 3.63) is 32.9 Å². The van der Waals surface area contributed by atoms with Crippen molar-refractivity contribution in [1.82, 2.24) is 10.2 Å². The molecule has 1 aliphatic rings. The molecule has 1 aliphatic heterocycles. The Morgan fingerprint density at radius 2 is 2.04 bits per heavy atom. The highest BCUT2D eigenvalue weighted by Gasteiger charge is 2.33. The number of halogens is 1. The second-order valence-electron chi connectivity index (χ2n) is 7.11. The summed E-state index contributed by atoms with van der Waals surface area (Å²) in [6.07, 6.45) is -0.193. The first-order valence-electron chi connectivity index (χ1n) is 8.34. The standard InChI is InChI=1S/C18H23IN2O5/c1-18(2,3)26-17(25)20-10-15(22)21-8-7-11-12(5-4-6-13(11)19)14(21)9-16(23)24/h4-6,14H,7-10H2,1-3H3,(H,20,25)(H,23,24). The number of hydrogen-bond donors (Lipinski definition) is 2. The van der Waals surface area contributed by atoms with Crippen LogP contribution in [0.1, 0.15) is 44.4 Å². The molecule has 1 heterocycles. The highest BCUT2D eigenvalue weighted by atomic mass is 127. The summed E-state index contributed by atoms with van der Waals surface area (Å²) in [4.78, 5) is 37.2. The van der Waals surface area contributed by atoms with Crippen LogP contribution in [0.25, 0.3) is 0 Å². The molecule has 0 fully saturated rings. The third-order valence-electron chi connectivity index (χ3n) is 3.96. The van der Waals surface area contributed by atoms with Crippen molar-refractivity contribution in [3.63, 3.8) is 0 Å². The van der Waals surface area contributed by atoms with Crippen LogP contribution in [0.2, 0.25) is 0 Å². The molecule has 142 valence electrons. The molecule has 2 N–H and O–H groups in total. The fourth-order valence-electron chi connectivity index (χ4n) is 2.95. The lowest BCUT2D eigenvalue weighted by Gasteiger charge is -2.37. The maximum absolute atomic E-state index is 12.6. The number of aliphatic carboxylic acids is 1. The monoisotopic (exact) mass is 474 g/mol. The molecule has 8 heteroatoms. The Bertz CT molecular complexity index is 714. The van der Waals surface area contributed by atoms with Crippen molar-refractivity contribution in [3.8, 4) is 0 Å². The lowest BCUT2D eigenvalue weighted by Crippen LogP contribution is -2.46. The lowest BCUT2D eigenvalue weighted by atomic mass is 9.90. The maximum Gasteiger partial charge on any atom is 0.408 e. The Morgan fingerprint density at radius 3 is 2.65 bits per heavy atom. The van der Waals surface area contributed by atoms with Crippen LogP contribution in [0.3, 0.4) is 0 Å². The third-order valence-corrected chi connectivity index (χ3v) is 4.97. The molecule has 0 saturated heterocycles. The first kappa shape index (κ1) is 20.5. The van der Waals surface area contributed by atoms with E-state index in [9.17, 15) is 19.5 Å². The van der Waals surface area contributed by atoms with Crippen LogP contribution in [0.4, 0.5) is 4.79 Å². The van der Waals surface area contributed by atoms with E-state index in [0.717, 1.165) is 14.7 Å². The van der Waals surface area contributed by atoms with E-state index in [-0.39, 0.29) is 18.9 Å². The second kappa shape index (κ2) is 8.24. The summed E-state index contributed by atoms with van der Waals surface area (Å²) in [7, 11) is 0. The van der Waals surface area contributed by atoms with E-state index in [0.29, 0.717) is 13.0 Å². The van der Waals surface area contributed by atoms with Crippen LogP contribution in [0, 0.1) is 3.57 Å². The van der Waals surface area contributed by atoms with Gasteiger partial charge in [-0.15, -0.1) is 0 Å². The van der Waals surface area contributed by atoms with Crippen molar-refractivity contribution in [2.45, 2.75) is 45.3 Å². The van der Waals surface area contributed by atoms with Gasteiger partial charge in [-0.25, -0.2) is 4.79 Å². The fourth-order valence-corrected chi connectivity index (χ4v) is 3.74. The topological polar surface area (TPSA) is 95.9 Å². The number of carbonyl (C=O) groups is 3. The Kier molecular flexibility index (Phi) is 6.48. The highest BCUT2D eigenvalue weighted by molar-refractivity contribution is 14.1. The van der Waals surface area contributed by atoms with Gasteiger partial charge in [0.2, 0.25) is 5.91 Å². The summed E-state index contributed by atoms with van der Waals surface area (Å²) in [5.74, 6) is -1.30. The molecule has 1 unspecified atom stereocenters. The van der Waals surface area contributed by atoms with Crippen molar-refractivity contribution >= 4 is 40.6 Å². The molecular formula is C18H23IN2O5. The lowest BCUT2D eigenvalue weighted by molar-refractivity contribution is -0.141. The van der Waals surface area contributed by atoms with Gasteiger partial charge in [0.15, 0.2) is 0 Å². The molecule has 0 spiro atoms. The van der Waals surface area contributed by atoms with E-state index in [1.165, 1.54) is 4.90 Å². The van der Waals surface area contributed by atoms with Crippen LogP contribution in [-0.4, -0.2) is 46.7 Å². The van der Waals surface area contributed by atoms with Crippen LogP contribution in [-0.2, 0) is 20.7 Å². The molecule has 26 heavy (non-hydrogen) atoms. The van der Waals surface area contributed by atoms with Gasteiger partial charge in [-0.2, -0.15) is 0 Å². The number of benzene rings is 1. The molecule has 7 nitrogen and oxygen atoms in total. The summed E-state index contributed by atoms with van der Waals surface area (Å²) in [6, 6.07) is 5.16. The minimum atomic E-state index is -0.973. The molecule has 0 radical (unpaired) electrons. The number of carboxylic acid groups (broad SMARTS) is 1. The molecule has 2 rings (SSSR count). The van der Waals surface area contributed by atoms with Gasteiger partial charge in [0.1, 0.15) is 12.1 Å². The molecule has 0 saturated carbocycles. The molecule has 1 aromatic carbocycles. The quantitative estimate of drug-likeness (QED) is 0.655. The average molecular weight is 474 g/mol. The van der Waals surface area contributed by atoms with Crippen molar-refractivity contribution in [1.29, 1.82) is 0 Å². The Balaban J connectivity index is 2.13. The number of carbonyl (C=O) groups excluding carboxylic acids is 2. The van der Waals surface area contributed by atoms with E-state index in [4.69, 9.17) is 4.74 Å². The minimum Gasteiger partial charge on any atom is -0.481 e. The molecule has 1 atom stereocenters. The molecule has 0 aromatic heterocycles. The highest BCUT2D eigenvalue weighted by Crippen LogP contribution is 2.34. The maximum atomic E-state index is 12.6. The van der Waals surface area contributed by atoms with Crippen LogP contribution >= 0.6 is 22.6 Å². The number of hydrogen-bond acceptors (Lipinski definition) is 4. The molecule has 0 bridgehead atoms. The van der Waals surface area contributed by atoms with Crippen LogP contribution < -0.4 is 5.32 Å². The van der Waals surface area contributed by atoms with Crippen LogP contribution in [0.5, 0.6) is 0 Å². The minimum absolute atomic E-state index is 0.175. The number of amides is 2. The number of carboxylic acids is 1. The normalized spacial score (nSPS) is 16.6. The molecule has 0 aliphatic carbocycles. The summed E-state index contributed by atoms with van der Waals surface area (Å²) in [5, 5.41) is 11.7. The van der Waals surface area contributed by atoms with E-state index in [1.807, 2.05) is 18.2 Å². The van der Waals surface area contributed by atoms with Crippen molar-refractivity contribution in [2.24, 2.45) is 0 Å². The third kappa shape index (κ3) is 5.33. The van der Waals surface area contributed by atoms with Gasteiger partial charge in [-0.05, 0) is 67.0 Å². The van der Waals surface area contributed by atoms with Gasteiger partial charge in [-0.1, -0.05) is 12.1 Å². The van der Waals surface area contributed by atoms with Gasteiger partial charge in [-0.3, -0.25) is 9.59 Å². The van der Waals surface area contributed by atoms with Gasteiger partial charge >= 0.3 is 12.1 Å². The summed E-state index contributed by atoms with van der Waals surface area (Å²) in [5.41, 5.74) is 1.29. The predicted octanol–water partition coefficient (Wildman–Crippen LogP) is 2.72. The van der Waals surface area contributed by atoms with Crippen LogP contribution in [0.15, 0.2) is 18.2 Å². The summed E-state index contributed by atoms with van der Waals surface area (Å²) >= 11 is 2.22. The summed E-state index contributed by atoms with van der Waals surface area (Å²) in [6.45, 7) is 5.39. The zero-order chi connectivity index (χ0) is 19.5. The van der Waals surface area contributed by atoms with E-state index >= 15 is 0 Å². The fraction of sp³-hybridized carbons (Fsp3) is 0.500. The smallest absolute Gasteiger partial charge is 0.408 e. The molecule has 2 amide bonds. The number of alkyl carbamates (subject to hydrolysis) is 1. The zero-order valence-electron chi connectivity index (χ0n) is 15.0. The number of nitrogens with one attached hydrogen (secondary N) is 1. The number of nitrogens with zero attached hydrogens (tertiary/aromatic N) is 1. The van der Waals surface area contributed by atoms with Crippen molar-refractivity contribution in [2.75, 3.05) is 13.1 Å². The predicted molar refractivity (Wildman–Crippen MR) is 104 cm³/mol. The molecular weight excluding hydrogens is 451 g/mol. The van der Waals surface area contributed by atoms with E-state index < -0.39 is 23.7 Å². The first-order chi connectivity index (χ1) is 12.1. The first-order valence-corrected chi connectivity index (χ1v) is 9.42. The van der Waals surface area contributed by atoms with Gasteiger partial charge in [0.05, 0.1) is 12.5 Å². The van der Waals surface area contributed by atoms with E-state index in [2.05, 4.69) is 27.9 Å². The average Bonchev–Trinajstić information content (AvgIpc) is 2.51. The largest absolute Gasteiger partial charge is 0.481 e. The number of ether oxygens (including phenoxy) is 1. The Hall–Kier alpha value is -1.84. The van der Waals surface area contributed by atoms with Gasteiger partial charge in [0, 0.05) is 10.1 Å². The van der Waals surface area contributed by atoms with Crippen molar-refractivity contribution < 1.29 is 24.2 Å². The zero-order valence-corrected chi connectivity index (χ0v) is 17.2. The van der Waals surface area contributed by atoms with Gasteiger partial charge in [0.25, 0.3) is 0 Å². The van der Waals surface area contributed by atoms with Gasteiger partial charge < -0.3 is 20.1 Å². The Labute approximate surface area is 166 Å². The number of fused-ring (bicyclic) bond motifs is 1.